The normalized spacial score (nSPS) is 17.8. The molecule has 0 saturated heterocycles. The van der Waals surface area contributed by atoms with Crippen molar-refractivity contribution in [2.24, 2.45) is 5.41 Å². The van der Waals surface area contributed by atoms with Gasteiger partial charge in [-0.3, -0.25) is 0 Å². The lowest BCUT2D eigenvalue weighted by molar-refractivity contribution is 0.125. The standard InChI is InChI=1S/C15H21ClFN/c1-11(2)18-10-15(7-4-8-15)9-12-13(16)5-3-6-14(12)17/h3,5-6,11,18H,4,7-10H2,1-2H3. The van der Waals surface area contributed by atoms with E-state index in [1.807, 2.05) is 0 Å². The number of rotatable bonds is 5. The van der Waals surface area contributed by atoms with Crippen molar-refractivity contribution in [1.82, 2.24) is 5.32 Å². The molecule has 1 aliphatic carbocycles. The summed E-state index contributed by atoms with van der Waals surface area (Å²) >= 11 is 6.12. The van der Waals surface area contributed by atoms with E-state index in [0.717, 1.165) is 25.8 Å². The van der Waals surface area contributed by atoms with Crippen molar-refractivity contribution in [2.45, 2.75) is 45.6 Å². The van der Waals surface area contributed by atoms with Gasteiger partial charge in [-0.05, 0) is 36.8 Å². The molecule has 1 aromatic rings. The van der Waals surface area contributed by atoms with Crippen LogP contribution >= 0.6 is 11.6 Å². The van der Waals surface area contributed by atoms with E-state index < -0.39 is 0 Å². The van der Waals surface area contributed by atoms with Gasteiger partial charge < -0.3 is 5.32 Å². The first-order valence-electron chi connectivity index (χ1n) is 6.69. The number of hydrogen-bond donors (Lipinski definition) is 1. The lowest BCUT2D eigenvalue weighted by Gasteiger charge is -2.43. The van der Waals surface area contributed by atoms with Crippen LogP contribution in [-0.2, 0) is 6.42 Å². The maximum absolute atomic E-state index is 13.8. The molecular weight excluding hydrogens is 249 g/mol. The molecule has 100 valence electrons. The van der Waals surface area contributed by atoms with Gasteiger partial charge in [0.15, 0.2) is 0 Å². The molecule has 1 aliphatic rings. The molecular formula is C15H21ClFN. The zero-order valence-electron chi connectivity index (χ0n) is 11.1. The molecule has 0 aliphatic heterocycles. The average Bonchev–Trinajstić information content (AvgIpc) is 2.25. The van der Waals surface area contributed by atoms with E-state index in [1.165, 1.54) is 12.5 Å². The van der Waals surface area contributed by atoms with Crippen LogP contribution in [0.3, 0.4) is 0 Å². The Morgan fingerprint density at radius 3 is 2.61 bits per heavy atom. The summed E-state index contributed by atoms with van der Waals surface area (Å²) in [6, 6.07) is 5.42. The van der Waals surface area contributed by atoms with E-state index in [2.05, 4.69) is 19.2 Å². The van der Waals surface area contributed by atoms with Gasteiger partial charge in [0, 0.05) is 23.2 Å². The third kappa shape index (κ3) is 3.04. The lowest BCUT2D eigenvalue weighted by atomic mass is 9.65. The predicted octanol–water partition coefficient (Wildman–Crippen LogP) is 4.19. The molecule has 0 heterocycles. The molecule has 0 aromatic heterocycles. The number of nitrogens with one attached hydrogen (secondary N) is 1. The van der Waals surface area contributed by atoms with Crippen LogP contribution in [0.25, 0.3) is 0 Å². The summed E-state index contributed by atoms with van der Waals surface area (Å²) in [7, 11) is 0. The third-order valence-electron chi connectivity index (χ3n) is 3.91. The second-order valence-electron chi connectivity index (χ2n) is 5.77. The van der Waals surface area contributed by atoms with Crippen molar-refractivity contribution < 1.29 is 4.39 Å². The highest BCUT2D eigenvalue weighted by molar-refractivity contribution is 6.31. The van der Waals surface area contributed by atoms with Crippen LogP contribution in [0.2, 0.25) is 5.02 Å². The van der Waals surface area contributed by atoms with Gasteiger partial charge >= 0.3 is 0 Å². The van der Waals surface area contributed by atoms with Crippen LogP contribution in [0.15, 0.2) is 18.2 Å². The topological polar surface area (TPSA) is 12.0 Å². The Labute approximate surface area is 114 Å². The fourth-order valence-corrected chi connectivity index (χ4v) is 2.82. The first-order chi connectivity index (χ1) is 8.52. The molecule has 2 rings (SSSR count). The highest BCUT2D eigenvalue weighted by Crippen LogP contribution is 2.44. The van der Waals surface area contributed by atoms with Crippen molar-refractivity contribution in [3.63, 3.8) is 0 Å². The summed E-state index contributed by atoms with van der Waals surface area (Å²) in [5, 5.41) is 4.04. The average molecular weight is 270 g/mol. The lowest BCUT2D eigenvalue weighted by Crippen LogP contribution is -2.43. The van der Waals surface area contributed by atoms with Crippen LogP contribution in [0, 0.1) is 11.2 Å². The summed E-state index contributed by atoms with van der Waals surface area (Å²) in [6.45, 7) is 5.24. The number of hydrogen-bond acceptors (Lipinski definition) is 1. The maximum atomic E-state index is 13.8. The van der Waals surface area contributed by atoms with E-state index in [1.54, 1.807) is 12.1 Å². The van der Waals surface area contributed by atoms with Crippen LogP contribution < -0.4 is 5.32 Å². The first kappa shape index (κ1) is 13.8. The quantitative estimate of drug-likeness (QED) is 0.845. The van der Waals surface area contributed by atoms with Gasteiger partial charge in [-0.1, -0.05) is 37.9 Å². The maximum Gasteiger partial charge on any atom is 0.127 e. The van der Waals surface area contributed by atoms with Gasteiger partial charge in [0.2, 0.25) is 0 Å². The number of halogens is 2. The van der Waals surface area contributed by atoms with Crippen LogP contribution in [0.4, 0.5) is 4.39 Å². The Kier molecular flexibility index (Phi) is 4.29. The fraction of sp³-hybridized carbons (Fsp3) is 0.600. The molecule has 3 heteroatoms. The predicted molar refractivity (Wildman–Crippen MR) is 74.5 cm³/mol. The molecule has 18 heavy (non-hydrogen) atoms. The third-order valence-corrected chi connectivity index (χ3v) is 4.27. The highest BCUT2D eigenvalue weighted by Gasteiger charge is 2.37. The van der Waals surface area contributed by atoms with Gasteiger partial charge in [0.05, 0.1) is 0 Å². The van der Waals surface area contributed by atoms with Crippen molar-refractivity contribution in [3.8, 4) is 0 Å². The molecule has 0 amide bonds. The summed E-state index contributed by atoms with van der Waals surface area (Å²) in [5.74, 6) is -0.168. The first-order valence-corrected chi connectivity index (χ1v) is 7.06. The minimum absolute atomic E-state index is 0.168. The van der Waals surface area contributed by atoms with E-state index in [9.17, 15) is 4.39 Å². The minimum Gasteiger partial charge on any atom is -0.314 e. The van der Waals surface area contributed by atoms with Gasteiger partial charge in [0.1, 0.15) is 5.82 Å². The van der Waals surface area contributed by atoms with E-state index in [0.29, 0.717) is 16.6 Å². The molecule has 0 unspecified atom stereocenters. The van der Waals surface area contributed by atoms with Gasteiger partial charge in [-0.25, -0.2) is 4.39 Å². The van der Waals surface area contributed by atoms with Crippen molar-refractivity contribution in [3.05, 3.63) is 34.6 Å². The summed E-state index contributed by atoms with van der Waals surface area (Å²) in [4.78, 5) is 0. The summed E-state index contributed by atoms with van der Waals surface area (Å²) in [5.41, 5.74) is 0.889. The molecule has 1 nitrogen and oxygen atoms in total. The largest absolute Gasteiger partial charge is 0.314 e. The second kappa shape index (κ2) is 5.58. The Hall–Kier alpha value is -0.600. The molecule has 1 fully saturated rings. The molecule has 1 aromatic carbocycles. The van der Waals surface area contributed by atoms with E-state index >= 15 is 0 Å². The summed E-state index contributed by atoms with van der Waals surface area (Å²) < 4.78 is 13.8. The summed E-state index contributed by atoms with van der Waals surface area (Å²) in [6.07, 6.45) is 4.32. The molecule has 0 spiro atoms. The van der Waals surface area contributed by atoms with E-state index in [-0.39, 0.29) is 11.2 Å². The second-order valence-corrected chi connectivity index (χ2v) is 6.17. The Morgan fingerprint density at radius 1 is 1.39 bits per heavy atom. The van der Waals surface area contributed by atoms with Crippen LogP contribution in [0.1, 0.15) is 38.7 Å². The van der Waals surface area contributed by atoms with Gasteiger partial charge in [-0.2, -0.15) is 0 Å². The van der Waals surface area contributed by atoms with Crippen molar-refractivity contribution in [1.29, 1.82) is 0 Å². The molecule has 0 radical (unpaired) electrons. The van der Waals surface area contributed by atoms with Crippen LogP contribution in [-0.4, -0.2) is 12.6 Å². The fourth-order valence-electron chi connectivity index (χ4n) is 2.59. The molecule has 1 N–H and O–H groups in total. The van der Waals surface area contributed by atoms with Gasteiger partial charge in [-0.15, -0.1) is 0 Å². The minimum atomic E-state index is -0.168. The molecule has 0 atom stereocenters. The monoisotopic (exact) mass is 269 g/mol. The van der Waals surface area contributed by atoms with Crippen LogP contribution in [0.5, 0.6) is 0 Å². The Bertz CT molecular complexity index is 393. The molecule has 1 saturated carbocycles. The van der Waals surface area contributed by atoms with E-state index in [4.69, 9.17) is 11.6 Å². The number of benzene rings is 1. The highest BCUT2D eigenvalue weighted by atomic mass is 35.5. The van der Waals surface area contributed by atoms with Crippen molar-refractivity contribution >= 4 is 11.6 Å². The zero-order chi connectivity index (χ0) is 13.2. The zero-order valence-corrected chi connectivity index (χ0v) is 11.9. The Balaban J connectivity index is 2.10. The van der Waals surface area contributed by atoms with Gasteiger partial charge in [0.25, 0.3) is 0 Å². The Morgan fingerprint density at radius 2 is 2.11 bits per heavy atom. The van der Waals surface area contributed by atoms with Crippen molar-refractivity contribution in [2.75, 3.05) is 6.54 Å². The smallest absolute Gasteiger partial charge is 0.127 e. The molecule has 0 bridgehead atoms. The SMILES string of the molecule is CC(C)NCC1(Cc2c(F)cccc2Cl)CCC1.